The van der Waals surface area contributed by atoms with Gasteiger partial charge in [0.15, 0.2) is 0 Å². The first kappa shape index (κ1) is 18.0. The van der Waals surface area contributed by atoms with Crippen LogP contribution in [0.1, 0.15) is 0 Å². The highest BCUT2D eigenvalue weighted by atomic mass is 35.5. The Labute approximate surface area is 163 Å². The van der Waals surface area contributed by atoms with Gasteiger partial charge in [0.2, 0.25) is 0 Å². The molecular formula is C17H8Cl4N2O2. The maximum absolute atomic E-state index is 11.3. The van der Waals surface area contributed by atoms with Crippen LogP contribution in [0.2, 0.25) is 20.1 Å². The minimum absolute atomic E-state index is 0.128. The molecular weight excluding hydrogens is 406 g/mol. The smallest absolute Gasteiger partial charge is 0.258 e. The zero-order valence-corrected chi connectivity index (χ0v) is 15.4. The predicted octanol–water partition coefficient (Wildman–Crippen LogP) is 6.94. The lowest BCUT2D eigenvalue weighted by Gasteiger charge is -2.09. The van der Waals surface area contributed by atoms with Gasteiger partial charge in [-0.05, 0) is 36.4 Å². The zero-order valence-electron chi connectivity index (χ0n) is 12.3. The third-order valence-corrected chi connectivity index (χ3v) is 4.53. The molecule has 1 aromatic heterocycles. The van der Waals surface area contributed by atoms with E-state index in [1.165, 1.54) is 12.1 Å². The highest BCUT2D eigenvalue weighted by molar-refractivity contribution is 6.37. The van der Waals surface area contributed by atoms with Gasteiger partial charge in [-0.25, -0.2) is 4.98 Å². The molecule has 8 heteroatoms. The Morgan fingerprint density at radius 2 is 1.20 bits per heavy atom. The fraction of sp³-hybridized carbons (Fsp3) is 0. The minimum atomic E-state index is -0.498. The van der Waals surface area contributed by atoms with Crippen molar-refractivity contribution in [1.82, 2.24) is 4.98 Å². The maximum atomic E-state index is 11.3. The molecule has 0 aliphatic rings. The van der Waals surface area contributed by atoms with Crippen LogP contribution in [-0.2, 0) is 0 Å². The van der Waals surface area contributed by atoms with E-state index in [9.17, 15) is 10.1 Å². The lowest BCUT2D eigenvalue weighted by molar-refractivity contribution is -0.384. The molecule has 25 heavy (non-hydrogen) atoms. The van der Waals surface area contributed by atoms with Crippen molar-refractivity contribution in [2.75, 3.05) is 0 Å². The summed E-state index contributed by atoms with van der Waals surface area (Å²) in [5, 5.41) is 12.9. The third kappa shape index (κ3) is 3.88. The molecule has 0 aliphatic heterocycles. The molecule has 2 aromatic carbocycles. The van der Waals surface area contributed by atoms with Gasteiger partial charge in [-0.1, -0.05) is 46.4 Å². The average molecular weight is 414 g/mol. The fourth-order valence-corrected chi connectivity index (χ4v) is 3.30. The lowest BCUT2D eigenvalue weighted by Crippen LogP contribution is -1.95. The molecule has 0 fully saturated rings. The Morgan fingerprint density at radius 3 is 1.56 bits per heavy atom. The molecule has 126 valence electrons. The van der Waals surface area contributed by atoms with Crippen molar-refractivity contribution < 1.29 is 4.92 Å². The van der Waals surface area contributed by atoms with Crippen molar-refractivity contribution in [2.45, 2.75) is 0 Å². The SMILES string of the molecule is O=[N+]([O-])c1cc(-c2ccc(Cl)cc2Cl)nc(-c2ccc(Cl)cc2Cl)c1. The zero-order chi connectivity index (χ0) is 18.1. The summed E-state index contributed by atoms with van der Waals surface area (Å²) in [4.78, 5) is 15.3. The van der Waals surface area contributed by atoms with Crippen molar-refractivity contribution in [3.8, 4) is 22.5 Å². The van der Waals surface area contributed by atoms with Crippen LogP contribution in [0.5, 0.6) is 0 Å². The number of nitrogens with zero attached hydrogens (tertiary/aromatic N) is 2. The lowest BCUT2D eigenvalue weighted by atomic mass is 10.1. The fourth-order valence-electron chi connectivity index (χ4n) is 2.29. The topological polar surface area (TPSA) is 56.0 Å². The minimum Gasteiger partial charge on any atom is -0.258 e. The van der Waals surface area contributed by atoms with Crippen LogP contribution in [0.25, 0.3) is 22.5 Å². The van der Waals surface area contributed by atoms with Gasteiger partial charge in [0, 0.05) is 33.3 Å². The van der Waals surface area contributed by atoms with Crippen LogP contribution in [0.3, 0.4) is 0 Å². The van der Waals surface area contributed by atoms with Crippen LogP contribution in [-0.4, -0.2) is 9.91 Å². The monoisotopic (exact) mass is 412 g/mol. The normalized spacial score (nSPS) is 10.7. The van der Waals surface area contributed by atoms with Gasteiger partial charge in [0.05, 0.1) is 26.4 Å². The van der Waals surface area contributed by atoms with Crippen LogP contribution < -0.4 is 0 Å². The first-order valence-corrected chi connectivity index (χ1v) is 8.43. The first-order valence-electron chi connectivity index (χ1n) is 6.92. The van der Waals surface area contributed by atoms with E-state index >= 15 is 0 Å². The van der Waals surface area contributed by atoms with E-state index in [-0.39, 0.29) is 5.69 Å². The number of aromatic nitrogens is 1. The number of pyridine rings is 1. The summed E-state index contributed by atoms with van der Waals surface area (Å²) in [7, 11) is 0. The van der Waals surface area contributed by atoms with Gasteiger partial charge in [-0.15, -0.1) is 0 Å². The second-order valence-corrected chi connectivity index (χ2v) is 6.79. The maximum Gasteiger partial charge on any atom is 0.273 e. The Morgan fingerprint density at radius 1 is 0.760 bits per heavy atom. The summed E-state index contributed by atoms with van der Waals surface area (Å²) in [6.07, 6.45) is 0. The van der Waals surface area contributed by atoms with Crippen LogP contribution in [0.4, 0.5) is 5.69 Å². The number of halogens is 4. The van der Waals surface area contributed by atoms with Gasteiger partial charge in [0.25, 0.3) is 5.69 Å². The van der Waals surface area contributed by atoms with Gasteiger partial charge in [-0.3, -0.25) is 10.1 Å². The summed E-state index contributed by atoms with van der Waals surface area (Å²) in [6.45, 7) is 0. The number of benzene rings is 2. The van der Waals surface area contributed by atoms with Gasteiger partial charge >= 0.3 is 0 Å². The van der Waals surface area contributed by atoms with E-state index in [4.69, 9.17) is 46.4 Å². The Bertz CT molecular complexity index is 923. The highest BCUT2D eigenvalue weighted by Gasteiger charge is 2.17. The predicted molar refractivity (Wildman–Crippen MR) is 102 cm³/mol. The summed E-state index contributed by atoms with van der Waals surface area (Å²) in [5.74, 6) is 0. The van der Waals surface area contributed by atoms with E-state index in [0.29, 0.717) is 42.6 Å². The standard InChI is InChI=1S/C17H8Cl4N2O2/c18-9-1-3-12(14(20)5-9)16-7-11(23(24)25)8-17(22-16)13-4-2-10(19)6-15(13)21/h1-8H. The molecule has 0 spiro atoms. The molecule has 4 nitrogen and oxygen atoms in total. The molecule has 3 aromatic rings. The van der Waals surface area contributed by atoms with Gasteiger partial charge in [0.1, 0.15) is 0 Å². The molecule has 0 radical (unpaired) electrons. The summed E-state index contributed by atoms with van der Waals surface area (Å²) < 4.78 is 0. The third-order valence-electron chi connectivity index (χ3n) is 3.44. The highest BCUT2D eigenvalue weighted by Crippen LogP contribution is 2.35. The number of nitro groups is 1. The van der Waals surface area contributed by atoms with E-state index in [1.54, 1.807) is 36.4 Å². The molecule has 0 aliphatic carbocycles. The van der Waals surface area contributed by atoms with Crippen molar-refractivity contribution in [3.63, 3.8) is 0 Å². The van der Waals surface area contributed by atoms with Crippen molar-refractivity contribution >= 4 is 52.1 Å². The Kier molecular flexibility index (Phi) is 5.16. The number of hydrogen-bond donors (Lipinski definition) is 0. The average Bonchev–Trinajstić information content (AvgIpc) is 2.54. The molecule has 0 amide bonds. The van der Waals surface area contributed by atoms with Crippen molar-refractivity contribution in [1.29, 1.82) is 0 Å². The Balaban J connectivity index is 2.23. The molecule has 0 atom stereocenters. The summed E-state index contributed by atoms with van der Waals surface area (Å²) in [5.41, 5.74) is 1.62. The quantitative estimate of drug-likeness (QED) is 0.345. The second-order valence-electron chi connectivity index (χ2n) is 5.10. The van der Waals surface area contributed by atoms with E-state index in [1.807, 2.05) is 0 Å². The van der Waals surface area contributed by atoms with Gasteiger partial charge < -0.3 is 0 Å². The van der Waals surface area contributed by atoms with E-state index < -0.39 is 4.92 Å². The van der Waals surface area contributed by atoms with E-state index in [2.05, 4.69) is 4.98 Å². The summed E-state index contributed by atoms with van der Waals surface area (Å²) in [6, 6.07) is 12.4. The molecule has 0 N–H and O–H groups in total. The molecule has 0 saturated carbocycles. The molecule has 0 unspecified atom stereocenters. The second kappa shape index (κ2) is 7.18. The van der Waals surface area contributed by atoms with Crippen LogP contribution >= 0.6 is 46.4 Å². The molecule has 3 rings (SSSR count). The summed E-state index contributed by atoms with van der Waals surface area (Å²) >= 11 is 24.2. The number of hydrogen-bond acceptors (Lipinski definition) is 3. The van der Waals surface area contributed by atoms with Crippen molar-refractivity contribution in [3.05, 3.63) is 78.7 Å². The Hall–Kier alpha value is -1.85. The molecule has 0 bridgehead atoms. The van der Waals surface area contributed by atoms with Gasteiger partial charge in [-0.2, -0.15) is 0 Å². The van der Waals surface area contributed by atoms with E-state index in [0.717, 1.165) is 0 Å². The largest absolute Gasteiger partial charge is 0.273 e. The number of rotatable bonds is 3. The van der Waals surface area contributed by atoms with Crippen LogP contribution in [0.15, 0.2) is 48.5 Å². The first-order chi connectivity index (χ1) is 11.8. The molecule has 1 heterocycles. The van der Waals surface area contributed by atoms with Crippen LogP contribution in [0, 0.1) is 10.1 Å². The van der Waals surface area contributed by atoms with Crippen molar-refractivity contribution in [2.24, 2.45) is 0 Å². The molecule has 0 saturated heterocycles.